The highest BCUT2D eigenvalue weighted by molar-refractivity contribution is 7.89. The number of unbranched alkanes of at least 4 members (excludes halogenated alkanes) is 2. The molecular formula is C17H25N3O4S. The molecule has 8 heteroatoms. The summed E-state index contributed by atoms with van der Waals surface area (Å²) in [4.78, 5) is 23.9. The first-order chi connectivity index (χ1) is 11.7. The summed E-state index contributed by atoms with van der Waals surface area (Å²) in [6.07, 6.45) is 1.84. The summed E-state index contributed by atoms with van der Waals surface area (Å²) in [6, 6.07) is 9.07. The van der Waals surface area contributed by atoms with Gasteiger partial charge < -0.3 is 4.90 Å². The molecule has 0 saturated carbocycles. The molecule has 2 N–H and O–H groups in total. The molecule has 1 aromatic rings. The molecule has 0 spiro atoms. The summed E-state index contributed by atoms with van der Waals surface area (Å²) < 4.78 is 27.4. The lowest BCUT2D eigenvalue weighted by Gasteiger charge is -2.26. The van der Waals surface area contributed by atoms with Crippen LogP contribution in [-0.2, 0) is 20.4 Å². The van der Waals surface area contributed by atoms with E-state index in [1.54, 1.807) is 0 Å². The fourth-order valence-corrected chi connectivity index (χ4v) is 4.37. The molecule has 1 saturated heterocycles. The summed E-state index contributed by atoms with van der Waals surface area (Å²) in [5, 5.41) is 2.22. The van der Waals surface area contributed by atoms with Crippen molar-refractivity contribution in [2.45, 2.75) is 38.6 Å². The first kappa shape index (κ1) is 19.4. The van der Waals surface area contributed by atoms with Gasteiger partial charge in [0.05, 0.1) is 11.3 Å². The summed E-state index contributed by atoms with van der Waals surface area (Å²) in [6.45, 7) is 4.22. The summed E-state index contributed by atoms with van der Waals surface area (Å²) in [5.41, 5.74) is 0.233. The molecular weight excluding hydrogens is 342 g/mol. The normalized spacial score (nSPS) is 15.5. The van der Waals surface area contributed by atoms with Crippen molar-refractivity contribution in [2.75, 3.05) is 18.8 Å². The highest BCUT2D eigenvalue weighted by Gasteiger charge is 2.27. The van der Waals surface area contributed by atoms with Gasteiger partial charge in [-0.15, -0.1) is 0 Å². The maximum atomic E-state index is 12.3. The molecule has 0 radical (unpaired) electrons. The van der Waals surface area contributed by atoms with Crippen molar-refractivity contribution in [3.05, 3.63) is 35.9 Å². The molecule has 0 aliphatic carbocycles. The summed E-state index contributed by atoms with van der Waals surface area (Å²) in [5.74, 6) is -0.256. The molecule has 0 aromatic heterocycles. The Labute approximate surface area is 148 Å². The van der Waals surface area contributed by atoms with E-state index in [0.717, 1.165) is 5.56 Å². The Bertz CT molecular complexity index is 717. The first-order valence-corrected chi connectivity index (χ1v) is 10.0. The van der Waals surface area contributed by atoms with E-state index in [4.69, 9.17) is 0 Å². The highest BCUT2D eigenvalue weighted by atomic mass is 32.2. The second-order valence-electron chi connectivity index (χ2n) is 6.75. The van der Waals surface area contributed by atoms with Crippen molar-refractivity contribution >= 4 is 22.0 Å². The van der Waals surface area contributed by atoms with Crippen molar-refractivity contribution in [1.82, 2.24) is 14.9 Å². The Hall–Kier alpha value is -1.93. The van der Waals surface area contributed by atoms with Gasteiger partial charge in [0.2, 0.25) is 15.9 Å². The van der Waals surface area contributed by atoms with E-state index in [-0.39, 0.29) is 24.2 Å². The van der Waals surface area contributed by atoms with E-state index >= 15 is 0 Å². The van der Waals surface area contributed by atoms with Gasteiger partial charge in [-0.1, -0.05) is 36.8 Å². The molecule has 0 atom stereocenters. The number of nitrogens with one attached hydrogen (secondary N) is 2. The molecule has 0 bridgehead atoms. The van der Waals surface area contributed by atoms with E-state index in [1.165, 1.54) is 4.90 Å². The van der Waals surface area contributed by atoms with Gasteiger partial charge in [0.1, 0.15) is 6.54 Å². The molecule has 1 fully saturated rings. The average Bonchev–Trinajstić information content (AvgIpc) is 2.84. The van der Waals surface area contributed by atoms with Crippen LogP contribution in [0, 0.1) is 0 Å². The summed E-state index contributed by atoms with van der Waals surface area (Å²) >= 11 is 0. The molecule has 1 aliphatic rings. The van der Waals surface area contributed by atoms with Crippen LogP contribution in [0.2, 0.25) is 0 Å². The Kier molecular flexibility index (Phi) is 6.18. The Balaban J connectivity index is 1.74. The first-order valence-electron chi connectivity index (χ1n) is 8.35. The maximum absolute atomic E-state index is 12.3. The average molecular weight is 367 g/mol. The van der Waals surface area contributed by atoms with Gasteiger partial charge in [0, 0.05) is 6.54 Å². The molecule has 3 amide bonds. The van der Waals surface area contributed by atoms with Crippen molar-refractivity contribution in [1.29, 1.82) is 0 Å². The van der Waals surface area contributed by atoms with Crippen LogP contribution in [0.5, 0.6) is 0 Å². The molecule has 0 unspecified atom stereocenters. The van der Waals surface area contributed by atoms with Gasteiger partial charge in [-0.25, -0.2) is 17.9 Å². The predicted octanol–water partition coefficient (Wildman–Crippen LogP) is 1.56. The SMILES string of the molecule is CC(C)(NS(=O)(=O)CCCCCN1CC(=O)NC1=O)c1ccccc1. The van der Waals surface area contributed by atoms with Crippen LogP contribution < -0.4 is 10.0 Å². The standard InChI is InChI=1S/C17H25N3O4S/c1-17(2,14-9-5-3-6-10-14)19-25(23,24)12-8-4-7-11-20-13-15(21)18-16(20)22/h3,5-6,9-10,19H,4,7-8,11-13H2,1-2H3,(H,18,21,22). The van der Waals surface area contributed by atoms with Gasteiger partial charge in [0.15, 0.2) is 0 Å². The zero-order valence-corrected chi connectivity index (χ0v) is 15.4. The lowest BCUT2D eigenvalue weighted by atomic mass is 9.96. The quantitative estimate of drug-likeness (QED) is 0.511. The third-order valence-electron chi connectivity index (χ3n) is 4.12. The molecule has 7 nitrogen and oxygen atoms in total. The number of hydrogen-bond acceptors (Lipinski definition) is 4. The molecule has 1 heterocycles. The van der Waals surface area contributed by atoms with Gasteiger partial charge in [-0.2, -0.15) is 0 Å². The van der Waals surface area contributed by atoms with Gasteiger partial charge in [0.25, 0.3) is 0 Å². The minimum atomic E-state index is -3.40. The van der Waals surface area contributed by atoms with E-state index in [2.05, 4.69) is 10.0 Å². The number of rotatable bonds is 9. The van der Waals surface area contributed by atoms with Crippen molar-refractivity contribution in [2.24, 2.45) is 0 Å². The van der Waals surface area contributed by atoms with Crippen LogP contribution in [0.3, 0.4) is 0 Å². The van der Waals surface area contributed by atoms with Crippen LogP contribution in [0.15, 0.2) is 30.3 Å². The van der Waals surface area contributed by atoms with E-state index in [0.29, 0.717) is 25.8 Å². The minimum absolute atomic E-state index is 0.0361. The van der Waals surface area contributed by atoms with Crippen LogP contribution in [-0.4, -0.2) is 44.1 Å². The van der Waals surface area contributed by atoms with Crippen LogP contribution in [0.1, 0.15) is 38.7 Å². The maximum Gasteiger partial charge on any atom is 0.324 e. The smallest absolute Gasteiger partial charge is 0.315 e. The number of hydrogen-bond donors (Lipinski definition) is 2. The number of amides is 3. The Morgan fingerprint density at radius 2 is 1.80 bits per heavy atom. The van der Waals surface area contributed by atoms with Gasteiger partial charge >= 0.3 is 6.03 Å². The number of urea groups is 1. The molecule has 25 heavy (non-hydrogen) atoms. The third kappa shape index (κ3) is 5.82. The van der Waals surface area contributed by atoms with Crippen LogP contribution in [0.25, 0.3) is 0 Å². The summed E-state index contributed by atoms with van der Waals surface area (Å²) in [7, 11) is -3.40. The fourth-order valence-electron chi connectivity index (χ4n) is 2.79. The number of benzene rings is 1. The van der Waals surface area contributed by atoms with Crippen LogP contribution >= 0.6 is 0 Å². The van der Waals surface area contributed by atoms with Gasteiger partial charge in [-0.05, 0) is 32.3 Å². The lowest BCUT2D eigenvalue weighted by molar-refractivity contribution is -0.118. The molecule has 1 aliphatic heterocycles. The van der Waals surface area contributed by atoms with Crippen molar-refractivity contribution in [3.8, 4) is 0 Å². The zero-order chi connectivity index (χ0) is 18.5. The molecule has 2 rings (SSSR count). The molecule has 138 valence electrons. The number of carbonyl (C=O) groups excluding carboxylic acids is 2. The largest absolute Gasteiger partial charge is 0.324 e. The second kappa shape index (κ2) is 7.97. The van der Waals surface area contributed by atoms with E-state index < -0.39 is 15.6 Å². The number of sulfonamides is 1. The minimum Gasteiger partial charge on any atom is -0.315 e. The highest BCUT2D eigenvalue weighted by Crippen LogP contribution is 2.20. The number of carbonyl (C=O) groups is 2. The topological polar surface area (TPSA) is 95.6 Å². The zero-order valence-electron chi connectivity index (χ0n) is 14.6. The van der Waals surface area contributed by atoms with Crippen molar-refractivity contribution < 1.29 is 18.0 Å². The molecule has 1 aromatic carbocycles. The fraction of sp³-hybridized carbons (Fsp3) is 0.529. The second-order valence-corrected chi connectivity index (χ2v) is 8.59. The van der Waals surface area contributed by atoms with Crippen molar-refractivity contribution in [3.63, 3.8) is 0 Å². The Morgan fingerprint density at radius 1 is 1.12 bits per heavy atom. The predicted molar refractivity (Wildman–Crippen MR) is 95.4 cm³/mol. The monoisotopic (exact) mass is 367 g/mol. The Morgan fingerprint density at radius 3 is 2.40 bits per heavy atom. The van der Waals surface area contributed by atoms with E-state index in [1.807, 2.05) is 44.2 Å². The third-order valence-corrected chi connectivity index (χ3v) is 5.76. The van der Waals surface area contributed by atoms with E-state index in [9.17, 15) is 18.0 Å². The number of nitrogens with zero attached hydrogens (tertiary/aromatic N) is 1. The van der Waals surface area contributed by atoms with Crippen LogP contribution in [0.4, 0.5) is 4.79 Å². The lowest BCUT2D eigenvalue weighted by Crippen LogP contribution is -2.42. The van der Waals surface area contributed by atoms with Gasteiger partial charge in [-0.3, -0.25) is 10.1 Å². The number of imide groups is 1.